The van der Waals surface area contributed by atoms with Crippen molar-refractivity contribution < 1.29 is 9.47 Å². The van der Waals surface area contributed by atoms with Crippen molar-refractivity contribution in [1.82, 2.24) is 0 Å². The molecule has 0 aromatic heterocycles. The first kappa shape index (κ1) is 12.8. The highest BCUT2D eigenvalue weighted by Gasteiger charge is 2.42. The second-order valence-electron chi connectivity index (χ2n) is 5.99. The predicted octanol–water partition coefficient (Wildman–Crippen LogP) is 3.52. The van der Waals surface area contributed by atoms with Crippen molar-refractivity contribution in [3.05, 3.63) is 0 Å². The van der Waals surface area contributed by atoms with Crippen LogP contribution in [-0.4, -0.2) is 30.2 Å². The van der Waals surface area contributed by atoms with Gasteiger partial charge in [-0.2, -0.15) is 0 Å². The molecule has 2 nitrogen and oxygen atoms in total. The van der Waals surface area contributed by atoms with Gasteiger partial charge in [-0.25, -0.2) is 0 Å². The molecule has 94 valence electrons. The normalized spacial score (nSPS) is 39.4. The molecule has 2 saturated carbocycles. The summed E-state index contributed by atoms with van der Waals surface area (Å²) < 4.78 is 11.6. The SMILES string of the molecule is COC1C(Br)CC1OC1CCC(C)(C)CC1. The van der Waals surface area contributed by atoms with Gasteiger partial charge in [0, 0.05) is 11.9 Å². The van der Waals surface area contributed by atoms with Crippen LogP contribution in [0.5, 0.6) is 0 Å². The Labute approximate surface area is 107 Å². The molecule has 0 aromatic carbocycles. The van der Waals surface area contributed by atoms with Gasteiger partial charge in [0.2, 0.25) is 0 Å². The minimum absolute atomic E-state index is 0.259. The molecule has 3 unspecified atom stereocenters. The number of halogens is 1. The zero-order valence-electron chi connectivity index (χ0n) is 10.5. The van der Waals surface area contributed by atoms with E-state index in [0.717, 1.165) is 6.42 Å². The van der Waals surface area contributed by atoms with Crippen molar-refractivity contribution in [3.8, 4) is 0 Å². The second kappa shape index (κ2) is 4.95. The van der Waals surface area contributed by atoms with Gasteiger partial charge in [0.15, 0.2) is 0 Å². The Morgan fingerprint density at radius 2 is 1.81 bits per heavy atom. The lowest BCUT2D eigenvalue weighted by Crippen LogP contribution is -2.51. The van der Waals surface area contributed by atoms with Gasteiger partial charge in [-0.3, -0.25) is 0 Å². The average molecular weight is 291 g/mol. The van der Waals surface area contributed by atoms with Crippen LogP contribution in [0.1, 0.15) is 46.0 Å². The zero-order valence-corrected chi connectivity index (χ0v) is 12.1. The molecule has 3 heteroatoms. The quantitative estimate of drug-likeness (QED) is 0.741. The topological polar surface area (TPSA) is 18.5 Å². The fraction of sp³-hybridized carbons (Fsp3) is 1.00. The van der Waals surface area contributed by atoms with Gasteiger partial charge < -0.3 is 9.47 Å². The van der Waals surface area contributed by atoms with E-state index in [-0.39, 0.29) is 6.10 Å². The van der Waals surface area contributed by atoms with E-state index in [1.165, 1.54) is 25.7 Å². The lowest BCUT2D eigenvalue weighted by atomic mass is 9.76. The minimum Gasteiger partial charge on any atom is -0.378 e. The smallest absolute Gasteiger partial charge is 0.0958 e. The molecule has 0 saturated heterocycles. The van der Waals surface area contributed by atoms with Gasteiger partial charge in [-0.05, 0) is 37.5 Å². The average Bonchev–Trinajstić information content (AvgIpc) is 2.20. The number of rotatable bonds is 3. The maximum atomic E-state index is 6.14. The summed E-state index contributed by atoms with van der Waals surface area (Å²) in [6.45, 7) is 4.72. The van der Waals surface area contributed by atoms with E-state index in [1.807, 2.05) is 0 Å². The first-order valence-corrected chi connectivity index (χ1v) is 7.26. The summed E-state index contributed by atoms with van der Waals surface area (Å²) in [7, 11) is 1.78. The Morgan fingerprint density at radius 3 is 2.31 bits per heavy atom. The first-order chi connectivity index (χ1) is 7.52. The van der Waals surface area contributed by atoms with Gasteiger partial charge in [-0.15, -0.1) is 0 Å². The second-order valence-corrected chi connectivity index (χ2v) is 7.17. The molecule has 2 rings (SSSR count). The van der Waals surface area contributed by atoms with Crippen LogP contribution in [0.3, 0.4) is 0 Å². The first-order valence-electron chi connectivity index (χ1n) is 6.34. The van der Waals surface area contributed by atoms with Crippen LogP contribution < -0.4 is 0 Å². The lowest BCUT2D eigenvalue weighted by Gasteiger charge is -2.44. The number of methoxy groups -OCH3 is 1. The lowest BCUT2D eigenvalue weighted by molar-refractivity contribution is -0.145. The molecule has 16 heavy (non-hydrogen) atoms. The largest absolute Gasteiger partial charge is 0.378 e. The fourth-order valence-corrected chi connectivity index (χ4v) is 3.64. The molecule has 0 heterocycles. The maximum Gasteiger partial charge on any atom is 0.0958 e. The van der Waals surface area contributed by atoms with Crippen molar-refractivity contribution in [1.29, 1.82) is 0 Å². The molecule has 0 amide bonds. The monoisotopic (exact) mass is 290 g/mol. The Hall–Kier alpha value is 0.400. The summed E-state index contributed by atoms with van der Waals surface area (Å²) in [4.78, 5) is 0.488. The molecule has 2 aliphatic carbocycles. The minimum atomic E-state index is 0.259. The Morgan fingerprint density at radius 1 is 1.19 bits per heavy atom. The summed E-state index contributed by atoms with van der Waals surface area (Å²) in [5, 5.41) is 0. The Kier molecular flexibility index (Phi) is 3.97. The van der Waals surface area contributed by atoms with Crippen molar-refractivity contribution in [2.45, 2.75) is 69.1 Å². The van der Waals surface area contributed by atoms with Crippen LogP contribution in [0.4, 0.5) is 0 Å². The highest BCUT2D eigenvalue weighted by molar-refractivity contribution is 9.09. The van der Waals surface area contributed by atoms with E-state index < -0.39 is 0 Å². The summed E-state index contributed by atoms with van der Waals surface area (Å²) in [6, 6.07) is 0. The third-order valence-corrected chi connectivity index (χ3v) is 5.00. The molecular formula is C13H23BrO2. The number of hydrogen-bond acceptors (Lipinski definition) is 2. The Bertz CT molecular complexity index is 232. The van der Waals surface area contributed by atoms with E-state index in [1.54, 1.807) is 7.11 Å². The fourth-order valence-electron chi connectivity index (χ4n) is 2.72. The highest BCUT2D eigenvalue weighted by Crippen LogP contribution is 2.39. The molecule has 2 aliphatic rings. The third kappa shape index (κ3) is 2.80. The van der Waals surface area contributed by atoms with Gasteiger partial charge >= 0.3 is 0 Å². The van der Waals surface area contributed by atoms with E-state index in [0.29, 0.717) is 22.5 Å². The summed E-state index contributed by atoms with van der Waals surface area (Å²) >= 11 is 3.61. The molecule has 0 aromatic rings. The van der Waals surface area contributed by atoms with Crippen molar-refractivity contribution in [2.75, 3.05) is 7.11 Å². The molecule has 0 spiro atoms. The van der Waals surface area contributed by atoms with E-state index in [9.17, 15) is 0 Å². The van der Waals surface area contributed by atoms with Gasteiger partial charge in [0.25, 0.3) is 0 Å². The molecular weight excluding hydrogens is 268 g/mol. The number of ether oxygens (including phenoxy) is 2. The van der Waals surface area contributed by atoms with Crippen LogP contribution in [0, 0.1) is 5.41 Å². The highest BCUT2D eigenvalue weighted by atomic mass is 79.9. The number of hydrogen-bond donors (Lipinski definition) is 0. The molecule has 2 fully saturated rings. The molecule has 0 N–H and O–H groups in total. The van der Waals surface area contributed by atoms with Gasteiger partial charge in [0.1, 0.15) is 0 Å². The van der Waals surface area contributed by atoms with E-state index >= 15 is 0 Å². The maximum absolute atomic E-state index is 6.14. The molecule has 0 aliphatic heterocycles. The van der Waals surface area contributed by atoms with Crippen LogP contribution in [0.15, 0.2) is 0 Å². The van der Waals surface area contributed by atoms with E-state index in [4.69, 9.17) is 9.47 Å². The predicted molar refractivity (Wildman–Crippen MR) is 69.0 cm³/mol. The van der Waals surface area contributed by atoms with Crippen molar-refractivity contribution in [2.24, 2.45) is 5.41 Å². The standard InChI is InChI=1S/C13H23BrO2/c1-13(2)6-4-9(5-7-13)16-11-8-10(14)12(11)15-3/h9-12H,4-8H2,1-3H3. The van der Waals surface area contributed by atoms with Crippen molar-refractivity contribution >= 4 is 15.9 Å². The molecule has 0 bridgehead atoms. The zero-order chi connectivity index (χ0) is 11.8. The van der Waals surface area contributed by atoms with Gasteiger partial charge in [0.05, 0.1) is 18.3 Å². The molecule has 3 atom stereocenters. The van der Waals surface area contributed by atoms with Crippen molar-refractivity contribution in [3.63, 3.8) is 0 Å². The third-order valence-electron chi connectivity index (χ3n) is 4.11. The number of alkyl halides is 1. The van der Waals surface area contributed by atoms with Gasteiger partial charge in [-0.1, -0.05) is 29.8 Å². The van der Waals surface area contributed by atoms with E-state index in [2.05, 4.69) is 29.8 Å². The molecule has 0 radical (unpaired) electrons. The van der Waals surface area contributed by atoms with Crippen LogP contribution in [0.25, 0.3) is 0 Å². The Balaban J connectivity index is 1.75. The van der Waals surface area contributed by atoms with Crippen LogP contribution in [0.2, 0.25) is 0 Å². The summed E-state index contributed by atoms with van der Waals surface area (Å²) in [6.07, 6.45) is 7.16. The summed E-state index contributed by atoms with van der Waals surface area (Å²) in [5.41, 5.74) is 0.526. The van der Waals surface area contributed by atoms with Crippen LogP contribution in [-0.2, 0) is 9.47 Å². The summed E-state index contributed by atoms with van der Waals surface area (Å²) in [5.74, 6) is 0. The van der Waals surface area contributed by atoms with Crippen LogP contribution >= 0.6 is 15.9 Å².